The summed E-state index contributed by atoms with van der Waals surface area (Å²) in [6.07, 6.45) is 6.28. The summed E-state index contributed by atoms with van der Waals surface area (Å²) in [6.45, 7) is 3.05. The third-order valence-electron chi connectivity index (χ3n) is 5.46. The molecule has 0 spiro atoms. The zero-order valence-electron chi connectivity index (χ0n) is 16.2. The molecule has 8 heteroatoms. The Hall–Kier alpha value is -2.64. The predicted octanol–water partition coefficient (Wildman–Crippen LogP) is 3.19. The van der Waals surface area contributed by atoms with Gasteiger partial charge < -0.3 is 15.0 Å². The highest BCUT2D eigenvalue weighted by Gasteiger charge is 2.26. The van der Waals surface area contributed by atoms with E-state index < -0.39 is 17.0 Å². The SMILES string of the molecule is CC(OC(=O)c1ccc(N2CCCC2)c([N+](=O)[O-])c1)C(=O)NC1CCCCC1. The van der Waals surface area contributed by atoms with Crippen LogP contribution >= 0.6 is 0 Å². The largest absolute Gasteiger partial charge is 0.449 e. The van der Waals surface area contributed by atoms with E-state index in [1.807, 2.05) is 4.90 Å². The fourth-order valence-electron chi connectivity index (χ4n) is 3.87. The first-order valence-corrected chi connectivity index (χ1v) is 10.0. The molecule has 1 saturated heterocycles. The number of rotatable bonds is 6. The standard InChI is InChI=1S/C20H27N3O5/c1-14(19(24)21-16-7-3-2-4-8-16)28-20(25)15-9-10-17(18(13-15)23(26)27)22-11-5-6-12-22/h9-10,13-14,16H,2-8,11-12H2,1H3,(H,21,24). The van der Waals surface area contributed by atoms with Crippen LogP contribution in [-0.2, 0) is 9.53 Å². The second-order valence-corrected chi connectivity index (χ2v) is 7.55. The van der Waals surface area contributed by atoms with Crippen LogP contribution in [0.25, 0.3) is 0 Å². The van der Waals surface area contributed by atoms with E-state index in [0.717, 1.165) is 51.6 Å². The van der Waals surface area contributed by atoms with E-state index in [2.05, 4.69) is 5.32 Å². The summed E-state index contributed by atoms with van der Waals surface area (Å²) in [4.78, 5) is 37.6. The smallest absolute Gasteiger partial charge is 0.339 e. The van der Waals surface area contributed by atoms with E-state index >= 15 is 0 Å². The molecule has 1 unspecified atom stereocenters. The summed E-state index contributed by atoms with van der Waals surface area (Å²) in [7, 11) is 0. The minimum Gasteiger partial charge on any atom is -0.449 e. The van der Waals surface area contributed by atoms with Crippen molar-refractivity contribution >= 4 is 23.3 Å². The number of nitrogens with one attached hydrogen (secondary N) is 1. The van der Waals surface area contributed by atoms with Gasteiger partial charge in [0.15, 0.2) is 6.10 Å². The molecular weight excluding hydrogens is 362 g/mol. The molecule has 8 nitrogen and oxygen atoms in total. The Morgan fingerprint density at radius 3 is 2.50 bits per heavy atom. The maximum atomic E-state index is 12.4. The number of benzene rings is 1. The van der Waals surface area contributed by atoms with Crippen LogP contribution in [0.5, 0.6) is 0 Å². The van der Waals surface area contributed by atoms with Gasteiger partial charge in [-0.15, -0.1) is 0 Å². The summed E-state index contributed by atoms with van der Waals surface area (Å²) in [6, 6.07) is 4.48. The minimum atomic E-state index is -0.952. The monoisotopic (exact) mass is 389 g/mol. The lowest BCUT2D eigenvalue weighted by Gasteiger charge is -2.24. The van der Waals surface area contributed by atoms with Gasteiger partial charge in [-0.3, -0.25) is 14.9 Å². The van der Waals surface area contributed by atoms with E-state index in [1.165, 1.54) is 25.5 Å². The van der Waals surface area contributed by atoms with Crippen molar-refractivity contribution in [3.63, 3.8) is 0 Å². The molecule has 28 heavy (non-hydrogen) atoms. The number of nitro groups is 1. The number of carbonyl (C=O) groups excluding carboxylic acids is 2. The molecular formula is C20H27N3O5. The van der Waals surface area contributed by atoms with E-state index in [4.69, 9.17) is 4.74 Å². The predicted molar refractivity (Wildman–Crippen MR) is 104 cm³/mol. The van der Waals surface area contributed by atoms with Crippen LogP contribution in [-0.4, -0.2) is 42.0 Å². The molecule has 1 amide bonds. The van der Waals surface area contributed by atoms with E-state index in [0.29, 0.717) is 5.69 Å². The fourth-order valence-corrected chi connectivity index (χ4v) is 3.87. The molecule has 2 aliphatic rings. The Morgan fingerprint density at radius 1 is 1.18 bits per heavy atom. The molecule has 1 aromatic carbocycles. The van der Waals surface area contributed by atoms with Gasteiger partial charge in [-0.25, -0.2) is 4.79 Å². The lowest BCUT2D eigenvalue weighted by Crippen LogP contribution is -2.42. The van der Waals surface area contributed by atoms with Gasteiger partial charge >= 0.3 is 5.97 Å². The number of hydrogen-bond donors (Lipinski definition) is 1. The summed E-state index contributed by atoms with van der Waals surface area (Å²) >= 11 is 0. The summed E-state index contributed by atoms with van der Waals surface area (Å²) in [5, 5.41) is 14.4. The molecule has 152 valence electrons. The molecule has 1 atom stereocenters. The van der Waals surface area contributed by atoms with Crippen molar-refractivity contribution in [1.82, 2.24) is 5.32 Å². The molecule has 2 fully saturated rings. The summed E-state index contributed by atoms with van der Waals surface area (Å²) in [5.41, 5.74) is 0.477. The average molecular weight is 389 g/mol. The molecule has 1 aliphatic carbocycles. The number of anilines is 1. The molecule has 0 aromatic heterocycles. The molecule has 1 saturated carbocycles. The first-order chi connectivity index (χ1) is 13.5. The Kier molecular flexibility index (Phi) is 6.49. The van der Waals surface area contributed by atoms with Crippen LogP contribution < -0.4 is 10.2 Å². The average Bonchev–Trinajstić information content (AvgIpc) is 3.22. The third kappa shape index (κ3) is 4.79. The second kappa shape index (κ2) is 9.03. The Balaban J connectivity index is 1.65. The molecule has 1 heterocycles. The zero-order valence-corrected chi connectivity index (χ0v) is 16.2. The number of carbonyl (C=O) groups is 2. The number of amides is 1. The van der Waals surface area contributed by atoms with Crippen molar-refractivity contribution in [2.75, 3.05) is 18.0 Å². The Bertz CT molecular complexity index is 739. The third-order valence-corrected chi connectivity index (χ3v) is 5.46. The van der Waals surface area contributed by atoms with Crippen LogP contribution in [0.3, 0.4) is 0 Å². The fraction of sp³-hybridized carbons (Fsp3) is 0.600. The van der Waals surface area contributed by atoms with Gasteiger partial charge in [0, 0.05) is 25.2 Å². The molecule has 0 bridgehead atoms. The van der Waals surface area contributed by atoms with Gasteiger partial charge in [-0.05, 0) is 44.7 Å². The summed E-state index contributed by atoms with van der Waals surface area (Å²) < 4.78 is 5.25. The van der Waals surface area contributed by atoms with Crippen LogP contribution in [0.15, 0.2) is 18.2 Å². The lowest BCUT2D eigenvalue weighted by molar-refractivity contribution is -0.384. The normalized spacial score (nSPS) is 18.5. The van der Waals surface area contributed by atoms with Gasteiger partial charge in [0.2, 0.25) is 0 Å². The van der Waals surface area contributed by atoms with Crippen molar-refractivity contribution in [2.24, 2.45) is 0 Å². The highest BCUT2D eigenvalue weighted by Crippen LogP contribution is 2.32. The number of esters is 1. The Labute approximate surface area is 164 Å². The minimum absolute atomic E-state index is 0.0759. The maximum Gasteiger partial charge on any atom is 0.339 e. The zero-order chi connectivity index (χ0) is 20.1. The molecule has 1 aliphatic heterocycles. The van der Waals surface area contributed by atoms with Crippen molar-refractivity contribution in [1.29, 1.82) is 0 Å². The maximum absolute atomic E-state index is 12.4. The van der Waals surface area contributed by atoms with Crippen LogP contribution in [0, 0.1) is 10.1 Å². The number of nitrogens with zero attached hydrogens (tertiary/aromatic N) is 2. The Morgan fingerprint density at radius 2 is 1.86 bits per heavy atom. The summed E-state index contributed by atoms with van der Waals surface area (Å²) in [5.74, 6) is -1.06. The van der Waals surface area contributed by atoms with Crippen molar-refractivity contribution in [3.8, 4) is 0 Å². The quantitative estimate of drug-likeness (QED) is 0.455. The number of ether oxygens (including phenoxy) is 1. The first kappa shape index (κ1) is 20.1. The van der Waals surface area contributed by atoms with Crippen LogP contribution in [0.2, 0.25) is 0 Å². The molecule has 1 N–H and O–H groups in total. The highest BCUT2D eigenvalue weighted by atomic mass is 16.6. The topological polar surface area (TPSA) is 102 Å². The van der Waals surface area contributed by atoms with Crippen LogP contribution in [0.1, 0.15) is 62.2 Å². The lowest BCUT2D eigenvalue weighted by atomic mass is 9.95. The van der Waals surface area contributed by atoms with E-state index in [-0.39, 0.29) is 23.2 Å². The van der Waals surface area contributed by atoms with E-state index in [9.17, 15) is 19.7 Å². The van der Waals surface area contributed by atoms with Crippen LogP contribution in [0.4, 0.5) is 11.4 Å². The number of nitro benzene ring substituents is 1. The van der Waals surface area contributed by atoms with Gasteiger partial charge in [-0.1, -0.05) is 19.3 Å². The first-order valence-electron chi connectivity index (χ1n) is 10.0. The molecule has 3 rings (SSSR count). The number of hydrogen-bond acceptors (Lipinski definition) is 6. The van der Waals surface area contributed by atoms with Crippen molar-refractivity contribution in [3.05, 3.63) is 33.9 Å². The highest BCUT2D eigenvalue weighted by molar-refractivity contribution is 5.93. The van der Waals surface area contributed by atoms with Gasteiger partial charge in [0.25, 0.3) is 11.6 Å². The van der Waals surface area contributed by atoms with Crippen molar-refractivity contribution in [2.45, 2.75) is 64.0 Å². The van der Waals surface area contributed by atoms with Gasteiger partial charge in [-0.2, -0.15) is 0 Å². The second-order valence-electron chi connectivity index (χ2n) is 7.55. The van der Waals surface area contributed by atoms with E-state index in [1.54, 1.807) is 6.07 Å². The molecule has 0 radical (unpaired) electrons. The van der Waals surface area contributed by atoms with Gasteiger partial charge in [0.05, 0.1) is 10.5 Å². The molecule has 1 aromatic rings. The van der Waals surface area contributed by atoms with Crippen molar-refractivity contribution < 1.29 is 19.2 Å². The van der Waals surface area contributed by atoms with Gasteiger partial charge in [0.1, 0.15) is 5.69 Å².